The van der Waals surface area contributed by atoms with Crippen molar-refractivity contribution < 1.29 is 0 Å². The van der Waals surface area contributed by atoms with E-state index in [9.17, 15) is 0 Å². The van der Waals surface area contributed by atoms with Gasteiger partial charge in [0.1, 0.15) is 5.82 Å². The summed E-state index contributed by atoms with van der Waals surface area (Å²) in [6.07, 6.45) is 4.42. The molecule has 0 atom stereocenters. The lowest BCUT2D eigenvalue weighted by Gasteiger charge is -2.09. The number of nitrogens with two attached hydrogens (primary N) is 1. The van der Waals surface area contributed by atoms with Crippen molar-refractivity contribution in [2.75, 3.05) is 0 Å². The number of H-pyrrole nitrogens is 1. The molecule has 0 fully saturated rings. The maximum atomic E-state index is 5.76. The Morgan fingerprint density at radius 1 is 1.00 bits per heavy atom. The lowest BCUT2D eigenvalue weighted by atomic mass is 9.98. The van der Waals surface area contributed by atoms with Crippen LogP contribution in [0.4, 0.5) is 0 Å². The van der Waals surface area contributed by atoms with Crippen LogP contribution in [-0.2, 0) is 19.5 Å². The highest BCUT2D eigenvalue weighted by Crippen LogP contribution is 2.29. The maximum Gasteiger partial charge on any atom is 0.205 e. The minimum Gasteiger partial charge on any atom is -0.324 e. The Kier molecular flexibility index (Phi) is 6.24. The molecule has 0 saturated carbocycles. The Bertz CT molecular complexity index is 1070. The van der Waals surface area contributed by atoms with Crippen LogP contribution in [0.3, 0.4) is 0 Å². The number of nitrogens with zero attached hydrogens (tertiary/aromatic N) is 6. The van der Waals surface area contributed by atoms with Crippen LogP contribution in [-0.4, -0.2) is 35.4 Å². The van der Waals surface area contributed by atoms with E-state index in [1.54, 1.807) is 0 Å². The zero-order chi connectivity index (χ0) is 20.8. The summed E-state index contributed by atoms with van der Waals surface area (Å²) >= 11 is 0. The van der Waals surface area contributed by atoms with E-state index in [-0.39, 0.29) is 0 Å². The Morgan fingerprint density at radius 2 is 1.80 bits per heavy atom. The molecule has 0 spiro atoms. The van der Waals surface area contributed by atoms with Crippen molar-refractivity contribution in [3.8, 4) is 22.5 Å². The number of benzene rings is 2. The highest BCUT2D eigenvalue weighted by Gasteiger charge is 2.12. The third kappa shape index (κ3) is 4.44. The summed E-state index contributed by atoms with van der Waals surface area (Å²) in [6, 6.07) is 16.5. The van der Waals surface area contributed by atoms with Gasteiger partial charge in [-0.2, -0.15) is 10.3 Å². The van der Waals surface area contributed by atoms with E-state index in [0.717, 1.165) is 35.4 Å². The zero-order valence-electron chi connectivity index (χ0n) is 17.1. The summed E-state index contributed by atoms with van der Waals surface area (Å²) in [5.74, 6) is 2.30. The van der Waals surface area contributed by atoms with Crippen LogP contribution < -0.4 is 5.73 Å². The largest absolute Gasteiger partial charge is 0.324 e. The molecule has 0 unspecified atom stereocenters. The van der Waals surface area contributed by atoms with E-state index in [1.165, 1.54) is 18.4 Å². The van der Waals surface area contributed by atoms with Crippen molar-refractivity contribution in [2.45, 2.75) is 45.7 Å². The molecule has 0 bridgehead atoms. The monoisotopic (exact) mass is 402 g/mol. The summed E-state index contributed by atoms with van der Waals surface area (Å²) < 4.78 is 1.99. The number of hydrogen-bond acceptors (Lipinski definition) is 6. The van der Waals surface area contributed by atoms with Gasteiger partial charge in [-0.05, 0) is 28.3 Å². The molecule has 0 aliphatic heterocycles. The molecule has 2 aromatic heterocycles. The summed E-state index contributed by atoms with van der Waals surface area (Å²) in [7, 11) is 0. The van der Waals surface area contributed by atoms with Crippen molar-refractivity contribution in [1.82, 2.24) is 35.4 Å². The predicted octanol–water partition coefficient (Wildman–Crippen LogP) is 3.36. The van der Waals surface area contributed by atoms with E-state index >= 15 is 0 Å². The first-order chi connectivity index (χ1) is 14.8. The average Bonchev–Trinajstić information content (AvgIpc) is 3.45. The summed E-state index contributed by atoms with van der Waals surface area (Å²) in [4.78, 5) is 4.61. The average molecular weight is 403 g/mol. The van der Waals surface area contributed by atoms with E-state index in [2.05, 4.69) is 68.0 Å². The van der Waals surface area contributed by atoms with Gasteiger partial charge in [0.05, 0.1) is 13.1 Å². The van der Waals surface area contributed by atoms with Gasteiger partial charge in [-0.1, -0.05) is 68.3 Å². The molecule has 4 rings (SSSR count). The molecule has 8 nitrogen and oxygen atoms in total. The molecule has 4 aromatic rings. The number of aromatic amines is 1. The van der Waals surface area contributed by atoms with Crippen molar-refractivity contribution >= 4 is 0 Å². The van der Waals surface area contributed by atoms with Crippen LogP contribution in [0.5, 0.6) is 0 Å². The number of hydrogen-bond donors (Lipinski definition) is 2. The van der Waals surface area contributed by atoms with E-state index in [1.807, 2.05) is 22.9 Å². The Labute approximate surface area is 175 Å². The fourth-order valence-electron chi connectivity index (χ4n) is 3.53. The topological polar surface area (TPSA) is 111 Å². The van der Waals surface area contributed by atoms with E-state index in [4.69, 9.17) is 5.73 Å². The fraction of sp³-hybridized carbons (Fsp3) is 0.318. The minimum absolute atomic E-state index is 0.361. The number of rotatable bonds is 9. The smallest absolute Gasteiger partial charge is 0.205 e. The second-order valence-electron chi connectivity index (χ2n) is 7.24. The molecule has 0 radical (unpaired) electrons. The molecule has 154 valence electrons. The number of aromatic nitrogens is 7. The number of unbranched alkanes of at least 4 members (excludes halogenated alkanes) is 2. The molecule has 0 aliphatic rings. The molecule has 3 N–H and O–H groups in total. The molecule has 30 heavy (non-hydrogen) atoms. The van der Waals surface area contributed by atoms with Gasteiger partial charge in [-0.15, -0.1) is 10.2 Å². The first-order valence-electron chi connectivity index (χ1n) is 10.3. The third-order valence-corrected chi connectivity index (χ3v) is 5.09. The molecule has 0 aliphatic carbocycles. The van der Waals surface area contributed by atoms with Gasteiger partial charge in [0, 0.05) is 12.0 Å². The number of nitrogens with one attached hydrogen (secondary N) is 1. The number of aryl methyl sites for hydroxylation is 1. The molecule has 2 aromatic carbocycles. The lowest BCUT2D eigenvalue weighted by molar-refractivity contribution is 0.604. The first-order valence-corrected chi connectivity index (χ1v) is 10.3. The van der Waals surface area contributed by atoms with Gasteiger partial charge >= 0.3 is 0 Å². The molecule has 0 amide bonds. The van der Waals surface area contributed by atoms with Crippen molar-refractivity contribution in [1.29, 1.82) is 0 Å². The highest BCUT2D eigenvalue weighted by atomic mass is 15.5. The van der Waals surface area contributed by atoms with Crippen LogP contribution in [0, 0.1) is 0 Å². The van der Waals surface area contributed by atoms with Crippen LogP contribution >= 0.6 is 0 Å². The molecule has 2 heterocycles. The highest BCUT2D eigenvalue weighted by molar-refractivity contribution is 5.80. The minimum atomic E-state index is 0.361. The normalized spacial score (nSPS) is 11.1. The fourth-order valence-corrected chi connectivity index (χ4v) is 3.53. The number of tetrazole rings is 1. The van der Waals surface area contributed by atoms with Crippen LogP contribution in [0.2, 0.25) is 0 Å². The van der Waals surface area contributed by atoms with Crippen LogP contribution in [0.25, 0.3) is 22.5 Å². The van der Waals surface area contributed by atoms with Crippen molar-refractivity contribution in [2.24, 2.45) is 5.73 Å². The second kappa shape index (κ2) is 9.41. The molecule has 0 saturated heterocycles. The summed E-state index contributed by atoms with van der Waals surface area (Å²) in [5, 5.41) is 19.0. The predicted molar refractivity (Wildman–Crippen MR) is 115 cm³/mol. The molecular weight excluding hydrogens is 376 g/mol. The second-order valence-corrected chi connectivity index (χ2v) is 7.24. The quantitative estimate of drug-likeness (QED) is 0.415. The summed E-state index contributed by atoms with van der Waals surface area (Å²) in [5.41, 5.74) is 10.0. The van der Waals surface area contributed by atoms with Crippen molar-refractivity contribution in [3.05, 3.63) is 65.7 Å². The van der Waals surface area contributed by atoms with Crippen molar-refractivity contribution in [3.63, 3.8) is 0 Å². The molecule has 8 heteroatoms. The van der Waals surface area contributed by atoms with E-state index < -0.39 is 0 Å². The van der Waals surface area contributed by atoms with Gasteiger partial charge in [0.15, 0.2) is 5.82 Å². The maximum absolute atomic E-state index is 5.76. The lowest BCUT2D eigenvalue weighted by Crippen LogP contribution is -2.07. The van der Waals surface area contributed by atoms with Gasteiger partial charge in [0.25, 0.3) is 0 Å². The Hall–Kier alpha value is -3.39. The Morgan fingerprint density at radius 3 is 2.50 bits per heavy atom. The first kappa shape index (κ1) is 19.9. The van der Waals surface area contributed by atoms with Crippen LogP contribution in [0.1, 0.15) is 43.4 Å². The summed E-state index contributed by atoms with van der Waals surface area (Å²) in [6.45, 7) is 3.25. The standard InChI is InChI=1S/C22H26N8/c1-2-3-4-9-21-24-20(14-23)27-30(21)15-16-10-12-17(13-11-16)18-7-5-6-8-19(18)22-25-28-29-26-22/h5-8,10-13H,2-4,9,14-15,23H2,1H3,(H,25,26,28,29). The van der Waals surface area contributed by atoms with Crippen LogP contribution in [0.15, 0.2) is 48.5 Å². The van der Waals surface area contributed by atoms with Gasteiger partial charge in [-0.25, -0.2) is 9.67 Å². The zero-order valence-corrected chi connectivity index (χ0v) is 17.1. The molecular formula is C22H26N8. The third-order valence-electron chi connectivity index (χ3n) is 5.09. The van der Waals surface area contributed by atoms with Gasteiger partial charge in [-0.3, -0.25) is 0 Å². The Balaban J connectivity index is 1.55. The SMILES string of the molecule is CCCCCc1nc(CN)nn1Cc1ccc(-c2ccccc2-c2nn[nH]n2)cc1. The van der Waals surface area contributed by atoms with Gasteiger partial charge < -0.3 is 5.73 Å². The van der Waals surface area contributed by atoms with E-state index in [0.29, 0.717) is 24.7 Å². The van der Waals surface area contributed by atoms with Gasteiger partial charge in [0.2, 0.25) is 5.82 Å².